The molecule has 8 nitrogen and oxygen atoms in total. The number of aliphatic hydroxyl groups excluding tert-OH is 5. The van der Waals surface area contributed by atoms with Crippen LogP contribution in [0.5, 0.6) is 0 Å². The Morgan fingerprint density at radius 1 is 1.15 bits per heavy atom. The molecule has 6 N–H and O–H groups in total. The van der Waals surface area contributed by atoms with Gasteiger partial charge in [0.05, 0.1) is 31.0 Å². The summed E-state index contributed by atoms with van der Waals surface area (Å²) in [5.74, 6) is -0.259. The van der Waals surface area contributed by atoms with Crippen LogP contribution in [0.1, 0.15) is 59.8 Å². The van der Waals surface area contributed by atoms with Gasteiger partial charge in [-0.1, -0.05) is 27.7 Å². The van der Waals surface area contributed by atoms with E-state index in [2.05, 4.69) is 5.32 Å². The van der Waals surface area contributed by atoms with Gasteiger partial charge in [0, 0.05) is 6.42 Å². The molecule has 1 rings (SSSR count). The Hall–Kier alpha value is -0.770. The van der Waals surface area contributed by atoms with Crippen LogP contribution in [0.2, 0.25) is 0 Å². The predicted molar refractivity (Wildman–Crippen MR) is 99.9 cm³/mol. The zero-order valence-corrected chi connectivity index (χ0v) is 16.8. The van der Waals surface area contributed by atoms with Gasteiger partial charge in [0.15, 0.2) is 0 Å². The van der Waals surface area contributed by atoms with Crippen molar-refractivity contribution in [3.8, 4) is 0 Å². The van der Waals surface area contributed by atoms with Crippen molar-refractivity contribution in [3.63, 3.8) is 0 Å². The van der Waals surface area contributed by atoms with Gasteiger partial charge in [-0.25, -0.2) is 0 Å². The summed E-state index contributed by atoms with van der Waals surface area (Å²) in [5.41, 5.74) is -0.370. The maximum atomic E-state index is 12.0. The van der Waals surface area contributed by atoms with E-state index in [0.29, 0.717) is 25.7 Å². The van der Waals surface area contributed by atoms with E-state index in [9.17, 15) is 30.3 Å². The molecule has 0 aliphatic heterocycles. The van der Waals surface area contributed by atoms with E-state index < -0.39 is 42.7 Å². The van der Waals surface area contributed by atoms with Crippen molar-refractivity contribution in [2.75, 3.05) is 6.61 Å². The maximum Gasteiger partial charge on any atom is 0.220 e. The van der Waals surface area contributed by atoms with E-state index in [1.807, 2.05) is 20.8 Å². The van der Waals surface area contributed by atoms with Gasteiger partial charge in [-0.05, 0) is 31.1 Å². The minimum Gasteiger partial charge on any atom is -0.390 e. The summed E-state index contributed by atoms with van der Waals surface area (Å²) in [6.07, 6.45) is -4.75. The molecule has 160 valence electrons. The van der Waals surface area contributed by atoms with Crippen LogP contribution in [0.25, 0.3) is 0 Å². The Balaban J connectivity index is 2.85. The SMILES string of the molecule is CCCC(=O)NC(COC1CC(C)(C)CC(O)C(O)C1O)C(O)C(O)CC. The number of carbonyl (C=O) groups excluding carboxylic acids is 1. The Kier molecular flexibility index (Phi) is 9.61. The smallest absolute Gasteiger partial charge is 0.220 e. The third-order valence-corrected chi connectivity index (χ3v) is 5.18. The fourth-order valence-electron chi connectivity index (χ4n) is 3.51. The van der Waals surface area contributed by atoms with Gasteiger partial charge in [0.1, 0.15) is 18.3 Å². The number of rotatable bonds is 9. The predicted octanol–water partition coefficient (Wildman–Crippen LogP) is -0.309. The Morgan fingerprint density at radius 3 is 2.33 bits per heavy atom. The number of carbonyl (C=O) groups is 1. The van der Waals surface area contributed by atoms with Crippen molar-refractivity contribution in [1.29, 1.82) is 0 Å². The fraction of sp³-hybridized carbons (Fsp3) is 0.947. The standard InChI is InChI=1S/C19H37NO7/c1-5-7-15(23)20-11(16(24)12(21)6-2)10-27-14-9-19(3,4)8-13(22)17(25)18(14)26/h11-14,16-18,21-22,24-26H,5-10H2,1-4H3,(H,20,23). The minimum absolute atomic E-state index is 0.131. The third kappa shape index (κ3) is 7.29. The van der Waals surface area contributed by atoms with Crippen LogP contribution in [0.4, 0.5) is 0 Å². The zero-order valence-electron chi connectivity index (χ0n) is 16.8. The highest BCUT2D eigenvalue weighted by atomic mass is 16.5. The lowest BCUT2D eigenvalue weighted by molar-refractivity contribution is -0.133. The zero-order chi connectivity index (χ0) is 20.8. The molecule has 1 amide bonds. The Labute approximate surface area is 161 Å². The van der Waals surface area contributed by atoms with Crippen LogP contribution >= 0.6 is 0 Å². The number of hydrogen-bond donors (Lipinski definition) is 6. The van der Waals surface area contributed by atoms with Crippen LogP contribution in [0, 0.1) is 5.41 Å². The first-order valence-electron chi connectivity index (χ1n) is 9.83. The number of hydrogen-bond acceptors (Lipinski definition) is 7. The third-order valence-electron chi connectivity index (χ3n) is 5.18. The molecule has 0 aromatic heterocycles. The summed E-state index contributed by atoms with van der Waals surface area (Å²) >= 11 is 0. The first kappa shape index (κ1) is 24.3. The average Bonchev–Trinajstić information content (AvgIpc) is 2.67. The summed E-state index contributed by atoms with van der Waals surface area (Å²) in [5, 5.41) is 53.5. The van der Waals surface area contributed by atoms with Crippen LogP contribution in [-0.2, 0) is 9.53 Å². The second-order valence-electron chi connectivity index (χ2n) is 8.38. The van der Waals surface area contributed by atoms with Crippen molar-refractivity contribution in [2.45, 2.75) is 102 Å². The second-order valence-corrected chi connectivity index (χ2v) is 8.38. The van der Waals surface area contributed by atoms with Crippen molar-refractivity contribution in [1.82, 2.24) is 5.32 Å². The molecule has 0 spiro atoms. The lowest BCUT2D eigenvalue weighted by atomic mass is 9.83. The highest BCUT2D eigenvalue weighted by Crippen LogP contribution is 2.35. The molecular formula is C19H37NO7. The van der Waals surface area contributed by atoms with E-state index in [1.165, 1.54) is 0 Å². The summed E-state index contributed by atoms with van der Waals surface area (Å²) in [4.78, 5) is 12.0. The molecule has 1 aliphatic carbocycles. The number of nitrogens with one attached hydrogen (secondary N) is 1. The topological polar surface area (TPSA) is 139 Å². The lowest BCUT2D eigenvalue weighted by Crippen LogP contribution is -2.52. The molecule has 0 saturated heterocycles. The van der Waals surface area contributed by atoms with Gasteiger partial charge in [0.2, 0.25) is 5.91 Å². The first-order valence-corrected chi connectivity index (χ1v) is 9.83. The summed E-state index contributed by atoms with van der Waals surface area (Å²) in [6, 6.07) is -0.848. The molecule has 1 saturated carbocycles. The molecule has 7 unspecified atom stereocenters. The lowest BCUT2D eigenvalue weighted by Gasteiger charge is -2.32. The molecule has 0 radical (unpaired) electrons. The Morgan fingerprint density at radius 2 is 1.78 bits per heavy atom. The van der Waals surface area contributed by atoms with Gasteiger partial charge >= 0.3 is 0 Å². The van der Waals surface area contributed by atoms with Gasteiger partial charge < -0.3 is 35.6 Å². The van der Waals surface area contributed by atoms with Crippen LogP contribution in [-0.4, -0.2) is 80.7 Å². The van der Waals surface area contributed by atoms with E-state index in [1.54, 1.807) is 6.92 Å². The molecule has 27 heavy (non-hydrogen) atoms. The number of ether oxygens (including phenoxy) is 1. The average molecular weight is 392 g/mol. The van der Waals surface area contributed by atoms with Gasteiger partial charge in [-0.3, -0.25) is 4.79 Å². The van der Waals surface area contributed by atoms with Crippen molar-refractivity contribution < 1.29 is 35.1 Å². The molecule has 0 bridgehead atoms. The molecule has 1 aliphatic rings. The number of aliphatic hydroxyl groups is 5. The van der Waals surface area contributed by atoms with Crippen LogP contribution in [0.15, 0.2) is 0 Å². The normalized spacial score (nSPS) is 31.6. The minimum atomic E-state index is -1.34. The van der Waals surface area contributed by atoms with Crippen molar-refractivity contribution in [2.24, 2.45) is 5.41 Å². The molecule has 0 heterocycles. The van der Waals surface area contributed by atoms with Crippen LogP contribution in [0.3, 0.4) is 0 Å². The largest absolute Gasteiger partial charge is 0.390 e. The Bertz CT molecular complexity index is 459. The monoisotopic (exact) mass is 391 g/mol. The first-order chi connectivity index (χ1) is 12.5. The highest BCUT2D eigenvalue weighted by molar-refractivity contribution is 5.76. The molecule has 0 aromatic rings. The molecule has 1 fully saturated rings. The quantitative estimate of drug-likeness (QED) is 0.296. The van der Waals surface area contributed by atoms with E-state index >= 15 is 0 Å². The summed E-state index contributed by atoms with van der Waals surface area (Å²) in [6.45, 7) is 7.27. The highest BCUT2D eigenvalue weighted by Gasteiger charge is 2.42. The number of amides is 1. The van der Waals surface area contributed by atoms with Crippen LogP contribution < -0.4 is 5.32 Å². The molecular weight excluding hydrogens is 354 g/mol. The van der Waals surface area contributed by atoms with E-state index in [0.717, 1.165) is 0 Å². The van der Waals surface area contributed by atoms with Crippen molar-refractivity contribution >= 4 is 5.91 Å². The molecule has 8 heteroatoms. The molecule has 7 atom stereocenters. The maximum absolute atomic E-state index is 12.0. The molecule has 0 aromatic carbocycles. The fourth-order valence-corrected chi connectivity index (χ4v) is 3.51. The van der Waals surface area contributed by atoms with E-state index in [-0.39, 0.29) is 24.3 Å². The van der Waals surface area contributed by atoms with Gasteiger partial charge in [0.25, 0.3) is 0 Å². The summed E-state index contributed by atoms with van der Waals surface area (Å²) in [7, 11) is 0. The van der Waals surface area contributed by atoms with Gasteiger partial charge in [-0.15, -0.1) is 0 Å². The van der Waals surface area contributed by atoms with E-state index in [4.69, 9.17) is 4.74 Å². The van der Waals surface area contributed by atoms with Gasteiger partial charge in [-0.2, -0.15) is 0 Å². The summed E-state index contributed by atoms with van der Waals surface area (Å²) < 4.78 is 5.78. The van der Waals surface area contributed by atoms with Crippen molar-refractivity contribution in [3.05, 3.63) is 0 Å². The second kappa shape index (κ2) is 10.7.